The number of imidazole rings is 1. The molecule has 112 valence electrons. The van der Waals surface area contributed by atoms with Gasteiger partial charge in [-0.3, -0.25) is 4.99 Å². The van der Waals surface area contributed by atoms with Crippen molar-refractivity contribution in [3.05, 3.63) is 18.7 Å². The molecule has 5 nitrogen and oxygen atoms in total. The van der Waals surface area contributed by atoms with Crippen LogP contribution in [0, 0.1) is 5.41 Å². The summed E-state index contributed by atoms with van der Waals surface area (Å²) in [6, 6.07) is 0. The maximum absolute atomic E-state index is 4.42. The molecule has 20 heavy (non-hydrogen) atoms. The van der Waals surface area contributed by atoms with E-state index in [0.717, 1.165) is 32.0 Å². The molecule has 0 aromatic carbocycles. The topological polar surface area (TPSA) is 45.5 Å². The normalized spacial score (nSPS) is 20.6. The molecule has 1 N–H and O–H groups in total. The summed E-state index contributed by atoms with van der Waals surface area (Å²) in [5.74, 6) is 1.01. The third-order valence-electron chi connectivity index (χ3n) is 4.79. The van der Waals surface area contributed by atoms with Crippen LogP contribution in [0.15, 0.2) is 23.7 Å². The van der Waals surface area contributed by atoms with Gasteiger partial charge >= 0.3 is 0 Å². The fraction of sp³-hybridized carbons (Fsp3) is 0.733. The lowest BCUT2D eigenvalue weighted by Gasteiger charge is -2.62. The van der Waals surface area contributed by atoms with Gasteiger partial charge in [0.25, 0.3) is 0 Å². The fourth-order valence-corrected chi connectivity index (χ4v) is 2.58. The van der Waals surface area contributed by atoms with E-state index in [4.69, 9.17) is 0 Å². The molecule has 1 fully saturated rings. The summed E-state index contributed by atoms with van der Waals surface area (Å²) in [5.41, 5.74) is 0.487. The van der Waals surface area contributed by atoms with Crippen LogP contribution in [0.25, 0.3) is 0 Å². The van der Waals surface area contributed by atoms with Gasteiger partial charge in [0.05, 0.1) is 6.33 Å². The number of likely N-dealkylation sites (tertiary alicyclic amines) is 1. The SMILES string of the molecule is CN=C(NCCCn1ccnc1)N1CC(C)(C)C1(C)C. The second-order valence-electron chi connectivity index (χ2n) is 6.66. The second kappa shape index (κ2) is 5.46. The lowest BCUT2D eigenvalue weighted by atomic mass is 9.65. The van der Waals surface area contributed by atoms with Crippen molar-refractivity contribution >= 4 is 5.96 Å². The van der Waals surface area contributed by atoms with E-state index in [1.165, 1.54) is 0 Å². The van der Waals surface area contributed by atoms with E-state index in [-0.39, 0.29) is 5.54 Å². The molecule has 0 unspecified atom stereocenters. The Labute approximate surface area is 122 Å². The summed E-state index contributed by atoms with van der Waals surface area (Å²) in [4.78, 5) is 10.8. The van der Waals surface area contributed by atoms with Gasteiger partial charge in [-0.05, 0) is 20.3 Å². The number of aromatic nitrogens is 2. The van der Waals surface area contributed by atoms with E-state index in [1.807, 2.05) is 25.8 Å². The molecule has 5 heteroatoms. The summed E-state index contributed by atoms with van der Waals surface area (Å²) in [6.45, 7) is 12.2. The highest BCUT2D eigenvalue weighted by molar-refractivity contribution is 5.81. The van der Waals surface area contributed by atoms with E-state index in [0.29, 0.717) is 5.41 Å². The van der Waals surface area contributed by atoms with Crippen LogP contribution in [0.4, 0.5) is 0 Å². The molecule has 0 atom stereocenters. The van der Waals surface area contributed by atoms with Crippen molar-refractivity contribution in [1.29, 1.82) is 0 Å². The predicted octanol–water partition coefficient (Wildman–Crippen LogP) is 1.97. The first-order valence-electron chi connectivity index (χ1n) is 7.32. The first-order chi connectivity index (χ1) is 9.38. The van der Waals surface area contributed by atoms with Gasteiger partial charge in [0, 0.05) is 50.0 Å². The lowest BCUT2D eigenvalue weighted by Crippen LogP contribution is -2.72. The van der Waals surface area contributed by atoms with Gasteiger partial charge in [0.2, 0.25) is 0 Å². The van der Waals surface area contributed by atoms with Crippen molar-refractivity contribution in [2.45, 2.75) is 46.2 Å². The van der Waals surface area contributed by atoms with Crippen molar-refractivity contribution in [3.63, 3.8) is 0 Å². The summed E-state index contributed by atoms with van der Waals surface area (Å²) in [6.07, 6.45) is 6.73. The Kier molecular flexibility index (Phi) is 4.06. The van der Waals surface area contributed by atoms with Crippen molar-refractivity contribution in [1.82, 2.24) is 19.8 Å². The molecule has 2 rings (SSSR count). The molecule has 0 spiro atoms. The molecule has 1 aliphatic rings. The third kappa shape index (κ3) is 2.67. The number of aryl methyl sites for hydroxylation is 1. The van der Waals surface area contributed by atoms with Gasteiger partial charge < -0.3 is 14.8 Å². The summed E-state index contributed by atoms with van der Waals surface area (Å²) < 4.78 is 2.10. The largest absolute Gasteiger partial charge is 0.356 e. The van der Waals surface area contributed by atoms with Crippen LogP contribution in [0.3, 0.4) is 0 Å². The second-order valence-corrected chi connectivity index (χ2v) is 6.66. The van der Waals surface area contributed by atoms with Crippen LogP contribution < -0.4 is 5.32 Å². The number of rotatable bonds is 4. The Hall–Kier alpha value is -1.52. The summed E-state index contributed by atoms with van der Waals surface area (Å²) >= 11 is 0. The van der Waals surface area contributed by atoms with E-state index in [9.17, 15) is 0 Å². The molecule has 0 radical (unpaired) electrons. The summed E-state index contributed by atoms with van der Waals surface area (Å²) in [5, 5.41) is 3.47. The van der Waals surface area contributed by atoms with Crippen LogP contribution in [-0.2, 0) is 6.54 Å². The van der Waals surface area contributed by atoms with E-state index < -0.39 is 0 Å². The molecular weight excluding hydrogens is 250 g/mol. The smallest absolute Gasteiger partial charge is 0.194 e. The van der Waals surface area contributed by atoms with Gasteiger partial charge in [-0.15, -0.1) is 0 Å². The monoisotopic (exact) mass is 277 g/mol. The minimum Gasteiger partial charge on any atom is -0.356 e. The van der Waals surface area contributed by atoms with Crippen LogP contribution in [0.2, 0.25) is 0 Å². The van der Waals surface area contributed by atoms with Crippen LogP contribution in [-0.4, -0.2) is 46.1 Å². The molecule has 0 aliphatic carbocycles. The Morgan fingerprint density at radius 3 is 2.60 bits per heavy atom. The average Bonchev–Trinajstić information content (AvgIpc) is 2.90. The average molecular weight is 277 g/mol. The Balaban J connectivity index is 1.80. The van der Waals surface area contributed by atoms with Crippen molar-refractivity contribution in [3.8, 4) is 0 Å². The summed E-state index contributed by atoms with van der Waals surface area (Å²) in [7, 11) is 1.86. The Bertz CT molecular complexity index is 459. The quantitative estimate of drug-likeness (QED) is 0.520. The van der Waals surface area contributed by atoms with Gasteiger partial charge in [-0.2, -0.15) is 0 Å². The molecule has 1 saturated heterocycles. The highest BCUT2D eigenvalue weighted by Gasteiger charge is 2.53. The lowest BCUT2D eigenvalue weighted by molar-refractivity contribution is -0.0667. The third-order valence-corrected chi connectivity index (χ3v) is 4.79. The van der Waals surface area contributed by atoms with Crippen molar-refractivity contribution in [2.24, 2.45) is 10.4 Å². The van der Waals surface area contributed by atoms with Gasteiger partial charge in [-0.25, -0.2) is 4.98 Å². The Morgan fingerprint density at radius 1 is 1.35 bits per heavy atom. The molecular formula is C15H27N5. The van der Waals surface area contributed by atoms with Gasteiger partial charge in [0.1, 0.15) is 0 Å². The van der Waals surface area contributed by atoms with Crippen LogP contribution >= 0.6 is 0 Å². The predicted molar refractivity (Wildman–Crippen MR) is 82.8 cm³/mol. The molecule has 2 heterocycles. The fourth-order valence-electron chi connectivity index (χ4n) is 2.58. The molecule has 0 saturated carbocycles. The first-order valence-corrected chi connectivity index (χ1v) is 7.32. The molecule has 1 aromatic heterocycles. The molecule has 1 aliphatic heterocycles. The highest BCUT2D eigenvalue weighted by Crippen LogP contribution is 2.46. The van der Waals surface area contributed by atoms with E-state index >= 15 is 0 Å². The number of nitrogens with zero attached hydrogens (tertiary/aromatic N) is 4. The van der Waals surface area contributed by atoms with Crippen LogP contribution in [0.1, 0.15) is 34.1 Å². The molecule has 1 aromatic rings. The van der Waals surface area contributed by atoms with Crippen molar-refractivity contribution in [2.75, 3.05) is 20.1 Å². The van der Waals surface area contributed by atoms with Crippen molar-refractivity contribution < 1.29 is 0 Å². The highest BCUT2D eigenvalue weighted by atomic mass is 15.4. The van der Waals surface area contributed by atoms with Crippen LogP contribution in [0.5, 0.6) is 0 Å². The minimum atomic E-state index is 0.152. The molecule has 0 amide bonds. The zero-order valence-electron chi connectivity index (χ0n) is 13.3. The van der Waals surface area contributed by atoms with E-state index in [2.05, 4.69) is 52.5 Å². The first kappa shape index (κ1) is 14.9. The maximum Gasteiger partial charge on any atom is 0.194 e. The maximum atomic E-state index is 4.42. The van der Waals surface area contributed by atoms with Gasteiger partial charge in [0.15, 0.2) is 5.96 Å². The number of guanidine groups is 1. The standard InChI is InChI=1S/C15H27N5/c1-14(2)11-20(15(14,3)4)13(16-5)18-7-6-9-19-10-8-17-12-19/h8,10,12H,6-7,9,11H2,1-5H3,(H,16,18). The molecule has 0 bridgehead atoms. The Morgan fingerprint density at radius 2 is 2.10 bits per heavy atom. The number of hydrogen-bond acceptors (Lipinski definition) is 2. The zero-order valence-corrected chi connectivity index (χ0v) is 13.3. The number of aliphatic imine (C=N–C) groups is 1. The van der Waals surface area contributed by atoms with E-state index in [1.54, 1.807) is 0 Å². The van der Waals surface area contributed by atoms with Gasteiger partial charge in [-0.1, -0.05) is 13.8 Å². The minimum absolute atomic E-state index is 0.152. The number of nitrogens with one attached hydrogen (secondary N) is 1. The number of hydrogen-bond donors (Lipinski definition) is 1. The zero-order chi connectivity index (χ0) is 14.8.